The molecule has 0 saturated carbocycles. The number of phenolic OH excluding ortho intramolecular Hbond substituents is 1. The van der Waals surface area contributed by atoms with Gasteiger partial charge in [0.05, 0.1) is 39.5 Å². The number of nitrogens with one attached hydrogen (secondary N) is 20. The number of ether oxygens (including phenoxy) is 1. The summed E-state index contributed by atoms with van der Waals surface area (Å²) in [5.41, 5.74) is 11.8. The van der Waals surface area contributed by atoms with E-state index < -0.39 is 256 Å². The number of aliphatic carboxylic acids is 1. The van der Waals surface area contributed by atoms with E-state index in [2.05, 4.69) is 108 Å². The summed E-state index contributed by atoms with van der Waals surface area (Å²) in [7, 11) is 0. The number of aliphatic hydroxyl groups is 3. The summed E-state index contributed by atoms with van der Waals surface area (Å²) in [5, 5.41) is 108. The van der Waals surface area contributed by atoms with Gasteiger partial charge in [0, 0.05) is 45.0 Å². The number of nitrogens with two attached hydrogens (primary N) is 2. The van der Waals surface area contributed by atoms with E-state index in [1.54, 1.807) is 44.2 Å². The summed E-state index contributed by atoms with van der Waals surface area (Å²) >= 11 is 3.95. The van der Waals surface area contributed by atoms with E-state index in [4.69, 9.17) is 27.0 Å². The molecule has 0 saturated heterocycles. The lowest BCUT2D eigenvalue weighted by Crippen LogP contribution is -2.61. The van der Waals surface area contributed by atoms with Gasteiger partial charge in [0.2, 0.25) is 94.5 Å². The van der Waals surface area contributed by atoms with Gasteiger partial charge >= 0.3 is 11.9 Å². The average molecular weight is 1720 g/mol. The Morgan fingerprint density at radius 1 is 0.417 bits per heavy atom. The van der Waals surface area contributed by atoms with Gasteiger partial charge in [0.25, 0.3) is 0 Å². The largest absolute Gasteiger partial charge is 0.508 e. The Labute approximate surface area is 696 Å². The molecule has 46 nitrogen and oxygen atoms in total. The molecular formula is C73H114N22O24S. The van der Waals surface area contributed by atoms with Crippen LogP contribution in [0.2, 0.25) is 0 Å². The highest BCUT2D eigenvalue weighted by molar-refractivity contribution is 7.80. The second-order valence-corrected chi connectivity index (χ2v) is 28.5. The van der Waals surface area contributed by atoms with Gasteiger partial charge in [-0.2, -0.15) is 12.6 Å². The fraction of sp³-hybridized carbons (Fsp3) is 0.562. The quantitative estimate of drug-likeness (QED) is 0.00961. The Bertz CT molecular complexity index is 3850. The number of benzene rings is 2. The van der Waals surface area contributed by atoms with Gasteiger partial charge in [-0.05, 0) is 87.5 Å². The standard InChI is InChI=1S/C73H114N22O24S/c1-37(2)27-48(89-68(115)51(34-96)92-61(108)40(6)84-55(102)31-80-41(7)99)67(114)88-45(15-11-23-78-72(74)75)64(111)87-46(16-12-24-79-73(76)77)65(112)93-52(35-97)69(116)90-49(28-42-13-9-8-10-14-42)62(109)82-30-54(101)81-32-56(103)85-39(5)60(107)86-47(21-22-57(104)105)66(113)95-59(38(3)4)71(118)94-53(36-98)70(117)91-50(29-43-17-19-44(100)20-18-43)63(110)83-33-58(106)119-25-26-120/h8-10,13-14,17-20,37-40,45-53,59,96-98,100,120H,11-12,15-16,21-36H2,1-7H3,(H,80,99)(H,81,101)(H,82,109)(H,83,110)(H,84,102)(H,85,103)(H,86,107)(H,87,111)(H,88,114)(H,89,115)(H,90,116)(H,91,117)(H,92,108)(H,93,112)(H,94,118)(H,95,113)(H,104,105)(H4,74,75,78)(H4,76,77,79)/t39-,40-,45-,46-,47-,48-,49-,50-,51-,52-,53-,59-/m0/s1. The minimum atomic E-state index is -1.88. The minimum absolute atomic E-state index is 0.00766. The fourth-order valence-electron chi connectivity index (χ4n) is 10.8. The van der Waals surface area contributed by atoms with Crippen molar-refractivity contribution in [2.24, 2.45) is 23.3 Å². The predicted molar refractivity (Wildman–Crippen MR) is 430 cm³/mol. The number of carbonyl (C=O) groups is 18. The molecule has 2 aromatic rings. The lowest BCUT2D eigenvalue weighted by atomic mass is 10.0. The number of phenols is 1. The van der Waals surface area contributed by atoms with Crippen LogP contribution in [0.5, 0.6) is 5.75 Å². The first-order valence-electron chi connectivity index (χ1n) is 38.1. The molecule has 29 N–H and O–H groups in total. The van der Waals surface area contributed by atoms with Crippen molar-refractivity contribution >= 4 is 131 Å². The zero-order valence-electron chi connectivity index (χ0n) is 67.5. The van der Waals surface area contributed by atoms with Crippen molar-refractivity contribution in [1.82, 2.24) is 95.7 Å². The first kappa shape index (κ1) is 104. The Kier molecular flexibility index (Phi) is 47.6. The molecule has 0 aliphatic rings. The van der Waals surface area contributed by atoms with Crippen LogP contribution in [0, 0.1) is 22.7 Å². The number of carboxylic acids is 1. The van der Waals surface area contributed by atoms with Crippen LogP contribution in [-0.4, -0.2) is 288 Å². The molecule has 0 fully saturated rings. The van der Waals surface area contributed by atoms with Crippen molar-refractivity contribution in [2.45, 2.75) is 179 Å². The van der Waals surface area contributed by atoms with Gasteiger partial charge in [-0.3, -0.25) is 97.1 Å². The highest BCUT2D eigenvalue weighted by atomic mass is 32.1. The van der Waals surface area contributed by atoms with E-state index >= 15 is 0 Å². The number of esters is 1. The Hall–Kier alpha value is -12.5. The molecule has 0 radical (unpaired) electrons. The molecule has 47 heteroatoms. The monoisotopic (exact) mass is 1710 g/mol. The van der Waals surface area contributed by atoms with Crippen LogP contribution >= 0.6 is 12.6 Å². The molecule has 0 aromatic heterocycles. The van der Waals surface area contributed by atoms with Crippen LogP contribution in [0.15, 0.2) is 54.6 Å². The number of aromatic hydroxyl groups is 1. The molecule has 0 bridgehead atoms. The van der Waals surface area contributed by atoms with E-state index in [1.165, 1.54) is 52.0 Å². The number of guanidine groups is 2. The minimum Gasteiger partial charge on any atom is -0.508 e. The second-order valence-electron chi connectivity index (χ2n) is 28.1. The Balaban J connectivity index is 2.29. The van der Waals surface area contributed by atoms with Gasteiger partial charge < -0.3 is 137 Å². The van der Waals surface area contributed by atoms with Crippen molar-refractivity contribution in [1.29, 1.82) is 10.8 Å². The molecule has 120 heavy (non-hydrogen) atoms. The van der Waals surface area contributed by atoms with Crippen LogP contribution in [0.3, 0.4) is 0 Å². The molecule has 16 amide bonds. The van der Waals surface area contributed by atoms with Crippen molar-refractivity contribution in [3.63, 3.8) is 0 Å². The van der Waals surface area contributed by atoms with Crippen LogP contribution < -0.4 is 107 Å². The normalized spacial score (nSPS) is 13.8. The zero-order chi connectivity index (χ0) is 90.3. The van der Waals surface area contributed by atoms with Gasteiger partial charge in [0.1, 0.15) is 91.4 Å². The maximum Gasteiger partial charge on any atom is 0.325 e. The molecule has 2 rings (SSSR count). The lowest BCUT2D eigenvalue weighted by molar-refractivity contribution is -0.143. The van der Waals surface area contributed by atoms with Gasteiger partial charge in [-0.15, -0.1) is 0 Å². The van der Waals surface area contributed by atoms with Crippen LogP contribution in [0.1, 0.15) is 105 Å². The molecule has 2 aromatic carbocycles. The van der Waals surface area contributed by atoms with E-state index in [9.17, 15) is 112 Å². The van der Waals surface area contributed by atoms with Crippen molar-refractivity contribution in [2.75, 3.05) is 71.4 Å². The topological polar surface area (TPSA) is 734 Å². The summed E-state index contributed by atoms with van der Waals surface area (Å²) < 4.78 is 4.91. The number of carboxylic acid groups (broad SMARTS) is 1. The Morgan fingerprint density at radius 3 is 1.23 bits per heavy atom. The second kappa shape index (κ2) is 55.2. The summed E-state index contributed by atoms with van der Waals surface area (Å²) in [6.45, 7) is 3.82. The van der Waals surface area contributed by atoms with E-state index in [-0.39, 0.29) is 82.1 Å². The van der Waals surface area contributed by atoms with Crippen molar-refractivity contribution in [3.8, 4) is 5.75 Å². The maximum absolute atomic E-state index is 14.4. The fourth-order valence-corrected chi connectivity index (χ4v) is 10.9. The number of carbonyl (C=O) groups excluding carboxylic acids is 17. The van der Waals surface area contributed by atoms with Gasteiger partial charge in [-0.25, -0.2) is 0 Å². The van der Waals surface area contributed by atoms with Gasteiger partial charge in [0.15, 0.2) is 11.9 Å². The number of hydrogen-bond donors (Lipinski definition) is 28. The van der Waals surface area contributed by atoms with E-state index in [0.29, 0.717) is 11.1 Å². The molecule has 0 spiro atoms. The Morgan fingerprint density at radius 2 is 0.792 bits per heavy atom. The average Bonchev–Trinajstić information content (AvgIpc) is 0.864. The third-order valence-electron chi connectivity index (χ3n) is 17.1. The lowest BCUT2D eigenvalue weighted by Gasteiger charge is -2.28. The molecule has 0 aliphatic carbocycles. The number of amides is 16. The van der Waals surface area contributed by atoms with E-state index in [1.807, 2.05) is 0 Å². The first-order chi connectivity index (χ1) is 56.6. The molecule has 12 atom stereocenters. The highest BCUT2D eigenvalue weighted by Gasteiger charge is 2.37. The first-order valence-corrected chi connectivity index (χ1v) is 38.7. The summed E-state index contributed by atoms with van der Waals surface area (Å²) in [6.07, 6.45) is -2.35. The van der Waals surface area contributed by atoms with Crippen LogP contribution in [-0.2, 0) is 104 Å². The summed E-state index contributed by atoms with van der Waals surface area (Å²) in [6, 6.07) is -5.52. The van der Waals surface area contributed by atoms with Crippen LogP contribution in [0.25, 0.3) is 0 Å². The highest BCUT2D eigenvalue weighted by Crippen LogP contribution is 2.15. The molecule has 666 valence electrons. The smallest absolute Gasteiger partial charge is 0.325 e. The predicted octanol–water partition coefficient (Wildman–Crippen LogP) is -9.94. The number of hydrogen-bond acceptors (Lipinski definition) is 26. The number of thiol groups is 1. The van der Waals surface area contributed by atoms with Crippen LogP contribution in [0.4, 0.5) is 0 Å². The molecular weight excluding hydrogens is 1600 g/mol. The molecule has 0 aliphatic heterocycles. The third kappa shape index (κ3) is 41.5. The summed E-state index contributed by atoms with van der Waals surface area (Å²) in [4.78, 5) is 240. The van der Waals surface area contributed by atoms with Crippen molar-refractivity contribution in [3.05, 3.63) is 65.7 Å². The molecule has 0 unspecified atom stereocenters. The number of aliphatic hydroxyl groups excluding tert-OH is 3. The summed E-state index contributed by atoms with van der Waals surface area (Å²) in [5.74, 6) is -20.0. The maximum atomic E-state index is 14.4. The van der Waals surface area contributed by atoms with Gasteiger partial charge in [-0.1, -0.05) is 70.2 Å². The molecule has 0 heterocycles. The zero-order valence-corrected chi connectivity index (χ0v) is 68.4. The third-order valence-corrected chi connectivity index (χ3v) is 17.3. The van der Waals surface area contributed by atoms with Crippen molar-refractivity contribution < 1.29 is 117 Å². The SMILES string of the molecule is CC(=O)NCC(=O)N[C@@H](C)C(=O)N[C@@H](CO)C(=O)N[C@@H](CC(C)C)C(=O)N[C@@H](CCCNC(=N)N)C(=O)N[C@@H](CCCNC(=N)N)C(=O)N[C@@H](CO)C(=O)N[C@@H](Cc1ccccc1)C(=O)NCC(=O)NCC(=O)N[C@@H](C)C(=O)N[C@@H](CCC(=O)O)C(=O)N[C@H](C(=O)N[C@@H](CO)C(=O)N[C@@H](Cc1ccc(O)cc1)C(=O)NCC(=O)OCCS)C(C)C. The van der Waals surface area contributed by atoms with E-state index in [0.717, 1.165) is 6.92 Å². The number of rotatable bonds is 55.